The summed E-state index contributed by atoms with van der Waals surface area (Å²) in [6.45, 7) is 6.84. The van der Waals surface area contributed by atoms with Crippen molar-refractivity contribution in [3.05, 3.63) is 33.4 Å². The quantitative estimate of drug-likeness (QED) is 0.345. The fourth-order valence-electron chi connectivity index (χ4n) is 2.20. The van der Waals surface area contributed by atoms with Crippen LogP contribution in [-0.2, 0) is 4.74 Å². The number of anilines is 1. The van der Waals surface area contributed by atoms with E-state index < -0.39 is 28.8 Å². The first-order valence-electron chi connectivity index (χ1n) is 7.79. The maximum absolute atomic E-state index is 11.5. The van der Waals surface area contributed by atoms with Gasteiger partial charge in [-0.2, -0.15) is 0 Å². The molecule has 9 heteroatoms. The van der Waals surface area contributed by atoms with Crippen LogP contribution in [0.25, 0.3) is 0 Å². The van der Waals surface area contributed by atoms with E-state index in [1.807, 2.05) is 0 Å². The molecule has 0 aliphatic heterocycles. The average Bonchev–Trinajstić information content (AvgIpc) is 2.46. The first-order chi connectivity index (χ1) is 11.4. The number of rotatable bonds is 6. The Labute approximate surface area is 145 Å². The summed E-state index contributed by atoms with van der Waals surface area (Å²) in [4.78, 5) is 21.9. The SMILES string of the molecule is Cc1cc(C(O)C(O)CCNC(=O)OC(C)(C)C)c(N)c([N+](=O)[O-])c1. The number of alkyl carbamates (subject to hydrolysis) is 1. The molecule has 9 nitrogen and oxygen atoms in total. The van der Waals surface area contributed by atoms with Gasteiger partial charge >= 0.3 is 6.09 Å². The summed E-state index contributed by atoms with van der Waals surface area (Å²) in [5.74, 6) is 0. The van der Waals surface area contributed by atoms with Crippen LogP contribution in [0.15, 0.2) is 12.1 Å². The Morgan fingerprint density at radius 3 is 2.52 bits per heavy atom. The molecule has 0 saturated heterocycles. The van der Waals surface area contributed by atoms with Gasteiger partial charge in [0.15, 0.2) is 0 Å². The van der Waals surface area contributed by atoms with Crippen LogP contribution in [0.3, 0.4) is 0 Å². The van der Waals surface area contributed by atoms with Crippen molar-refractivity contribution in [2.24, 2.45) is 0 Å². The molecule has 2 unspecified atom stereocenters. The van der Waals surface area contributed by atoms with E-state index in [1.54, 1.807) is 27.7 Å². The number of ether oxygens (including phenoxy) is 1. The number of aliphatic hydroxyl groups excluding tert-OH is 2. The number of hydrogen-bond acceptors (Lipinski definition) is 7. The fourth-order valence-corrected chi connectivity index (χ4v) is 2.20. The second kappa shape index (κ2) is 8.13. The summed E-state index contributed by atoms with van der Waals surface area (Å²) in [5.41, 5.74) is 5.19. The number of amides is 1. The number of nitro groups is 1. The van der Waals surface area contributed by atoms with E-state index in [1.165, 1.54) is 12.1 Å². The first-order valence-corrected chi connectivity index (χ1v) is 7.79. The zero-order valence-electron chi connectivity index (χ0n) is 14.8. The third kappa shape index (κ3) is 6.20. The Balaban J connectivity index is 2.73. The van der Waals surface area contributed by atoms with Crippen molar-refractivity contribution in [2.45, 2.75) is 51.9 Å². The summed E-state index contributed by atoms with van der Waals surface area (Å²) in [5, 5.41) is 33.8. The minimum atomic E-state index is -1.42. The molecule has 1 amide bonds. The second-order valence-electron chi connectivity index (χ2n) is 6.77. The van der Waals surface area contributed by atoms with Gasteiger partial charge in [0.05, 0.1) is 11.0 Å². The highest BCUT2D eigenvalue weighted by atomic mass is 16.6. The van der Waals surface area contributed by atoms with E-state index in [9.17, 15) is 25.1 Å². The van der Waals surface area contributed by atoms with E-state index in [0.717, 1.165) is 0 Å². The zero-order chi connectivity index (χ0) is 19.4. The van der Waals surface area contributed by atoms with Crippen LogP contribution in [0.1, 0.15) is 44.4 Å². The van der Waals surface area contributed by atoms with Crippen LogP contribution in [0.4, 0.5) is 16.2 Å². The van der Waals surface area contributed by atoms with Crippen molar-refractivity contribution < 1.29 is 24.7 Å². The molecule has 0 spiro atoms. The lowest BCUT2D eigenvalue weighted by Crippen LogP contribution is -2.34. The molecule has 0 radical (unpaired) electrons. The summed E-state index contributed by atoms with van der Waals surface area (Å²) in [6.07, 6.45) is -3.31. The number of nitrogens with two attached hydrogens (primary N) is 1. The monoisotopic (exact) mass is 355 g/mol. The minimum Gasteiger partial charge on any atom is -0.444 e. The molecule has 1 aromatic rings. The van der Waals surface area contributed by atoms with E-state index in [2.05, 4.69) is 5.32 Å². The van der Waals surface area contributed by atoms with Gasteiger partial charge in [-0.05, 0) is 39.7 Å². The van der Waals surface area contributed by atoms with Gasteiger partial charge in [0, 0.05) is 18.2 Å². The maximum atomic E-state index is 11.5. The van der Waals surface area contributed by atoms with Gasteiger partial charge < -0.3 is 26.0 Å². The van der Waals surface area contributed by atoms with Gasteiger partial charge in [0.1, 0.15) is 17.4 Å². The smallest absolute Gasteiger partial charge is 0.407 e. The Kier molecular flexibility index (Phi) is 6.71. The Bertz CT molecular complexity index is 641. The first kappa shape index (κ1) is 20.7. The van der Waals surface area contributed by atoms with E-state index >= 15 is 0 Å². The number of benzene rings is 1. The van der Waals surface area contributed by atoms with E-state index in [4.69, 9.17) is 10.5 Å². The molecule has 140 valence electrons. The largest absolute Gasteiger partial charge is 0.444 e. The van der Waals surface area contributed by atoms with Gasteiger partial charge in [-0.1, -0.05) is 6.07 Å². The molecule has 2 atom stereocenters. The second-order valence-corrected chi connectivity index (χ2v) is 6.77. The standard InChI is InChI=1S/C16H25N3O6/c1-9-7-10(13(17)11(8-9)19(23)24)14(21)12(20)5-6-18-15(22)25-16(2,3)4/h7-8,12,14,20-21H,5-6,17H2,1-4H3,(H,18,22). The van der Waals surface area contributed by atoms with Crippen molar-refractivity contribution in [1.29, 1.82) is 0 Å². The van der Waals surface area contributed by atoms with Gasteiger partial charge in [0.25, 0.3) is 5.69 Å². The predicted octanol–water partition coefficient (Wildman–Crippen LogP) is 1.79. The molecule has 0 aliphatic rings. The third-order valence-electron chi connectivity index (χ3n) is 3.32. The van der Waals surface area contributed by atoms with Crippen LogP contribution in [0, 0.1) is 17.0 Å². The third-order valence-corrected chi connectivity index (χ3v) is 3.32. The molecule has 25 heavy (non-hydrogen) atoms. The number of carbonyl (C=O) groups is 1. The van der Waals surface area contributed by atoms with Crippen molar-refractivity contribution in [1.82, 2.24) is 5.32 Å². The lowest BCUT2D eigenvalue weighted by molar-refractivity contribution is -0.384. The van der Waals surface area contributed by atoms with Crippen LogP contribution in [0.5, 0.6) is 0 Å². The highest BCUT2D eigenvalue weighted by molar-refractivity contribution is 5.67. The molecule has 0 aliphatic carbocycles. The van der Waals surface area contributed by atoms with Crippen molar-refractivity contribution in [3.63, 3.8) is 0 Å². The highest BCUT2D eigenvalue weighted by Crippen LogP contribution is 2.33. The van der Waals surface area contributed by atoms with Crippen molar-refractivity contribution in [2.75, 3.05) is 12.3 Å². The summed E-state index contributed by atoms with van der Waals surface area (Å²) < 4.78 is 5.05. The molecule has 0 bridgehead atoms. The van der Waals surface area contributed by atoms with Gasteiger partial charge in [-0.15, -0.1) is 0 Å². The zero-order valence-corrected chi connectivity index (χ0v) is 14.8. The van der Waals surface area contributed by atoms with Gasteiger partial charge in [0.2, 0.25) is 0 Å². The van der Waals surface area contributed by atoms with Crippen LogP contribution in [-0.4, -0.2) is 39.5 Å². The molecule has 0 heterocycles. The number of nitrogens with zero attached hydrogens (tertiary/aromatic N) is 1. The molecule has 0 aromatic heterocycles. The lowest BCUT2D eigenvalue weighted by Gasteiger charge is -2.22. The molecule has 1 aromatic carbocycles. The number of carbonyl (C=O) groups excluding carboxylic acids is 1. The summed E-state index contributed by atoms with van der Waals surface area (Å²) in [7, 11) is 0. The topological polar surface area (TPSA) is 148 Å². The van der Waals surface area contributed by atoms with Crippen LogP contribution < -0.4 is 11.1 Å². The summed E-state index contributed by atoms with van der Waals surface area (Å²) in [6, 6.07) is 2.78. The predicted molar refractivity (Wildman–Crippen MR) is 92.1 cm³/mol. The van der Waals surface area contributed by atoms with Crippen molar-refractivity contribution >= 4 is 17.5 Å². The molecule has 5 N–H and O–H groups in total. The Hall–Kier alpha value is -2.39. The van der Waals surface area contributed by atoms with Gasteiger partial charge in [-0.25, -0.2) is 4.79 Å². The maximum Gasteiger partial charge on any atom is 0.407 e. The Morgan fingerprint density at radius 1 is 1.40 bits per heavy atom. The molecule has 1 rings (SSSR count). The lowest BCUT2D eigenvalue weighted by atomic mass is 9.97. The normalized spacial score (nSPS) is 13.8. The van der Waals surface area contributed by atoms with Crippen LogP contribution in [0.2, 0.25) is 0 Å². The highest BCUT2D eigenvalue weighted by Gasteiger charge is 2.26. The fraction of sp³-hybridized carbons (Fsp3) is 0.562. The molecule has 0 saturated carbocycles. The minimum absolute atomic E-state index is 0.0155. The molecule has 0 fully saturated rings. The number of aliphatic hydroxyl groups is 2. The Morgan fingerprint density at radius 2 is 2.00 bits per heavy atom. The number of hydrogen-bond donors (Lipinski definition) is 4. The van der Waals surface area contributed by atoms with E-state index in [-0.39, 0.29) is 29.9 Å². The molecular weight excluding hydrogens is 330 g/mol. The number of nitro benzene ring substituents is 1. The number of nitrogen functional groups attached to an aromatic ring is 1. The average molecular weight is 355 g/mol. The number of aryl methyl sites for hydroxylation is 1. The van der Waals surface area contributed by atoms with Crippen LogP contribution >= 0.6 is 0 Å². The van der Waals surface area contributed by atoms with Gasteiger partial charge in [-0.3, -0.25) is 10.1 Å². The van der Waals surface area contributed by atoms with E-state index in [0.29, 0.717) is 5.56 Å². The number of nitrogens with one attached hydrogen (secondary N) is 1. The van der Waals surface area contributed by atoms with Crippen molar-refractivity contribution in [3.8, 4) is 0 Å². The molecular formula is C16H25N3O6. The summed E-state index contributed by atoms with van der Waals surface area (Å²) >= 11 is 0.